The number of rotatable bonds is 4. The van der Waals surface area contributed by atoms with Gasteiger partial charge in [-0.3, -0.25) is 4.98 Å². The molecule has 0 aromatic carbocycles. The summed E-state index contributed by atoms with van der Waals surface area (Å²) in [5.41, 5.74) is 0.942. The highest BCUT2D eigenvalue weighted by Crippen LogP contribution is 2.08. The molecule has 0 spiro atoms. The minimum Gasteiger partial charge on any atom is -0.302 e. The van der Waals surface area contributed by atoms with E-state index in [0.29, 0.717) is 11.6 Å². The maximum absolute atomic E-state index is 5.77. The quantitative estimate of drug-likeness (QED) is 0.903. The van der Waals surface area contributed by atoms with E-state index in [2.05, 4.69) is 20.3 Å². The Morgan fingerprint density at radius 1 is 1.24 bits per heavy atom. The highest BCUT2D eigenvalue weighted by Gasteiger charge is 2.06. The molecule has 0 aliphatic rings. The third-order valence-electron chi connectivity index (χ3n) is 2.35. The van der Waals surface area contributed by atoms with Crippen molar-refractivity contribution in [2.45, 2.75) is 19.5 Å². The van der Waals surface area contributed by atoms with Crippen molar-refractivity contribution in [3.8, 4) is 0 Å². The first kappa shape index (κ1) is 12.0. The highest BCUT2D eigenvalue weighted by atomic mass is 35.5. The Hall–Kier alpha value is -1.52. The second-order valence-corrected chi connectivity index (χ2v) is 4.11. The lowest BCUT2D eigenvalue weighted by Gasteiger charge is -2.11. The van der Waals surface area contributed by atoms with Gasteiger partial charge in [-0.15, -0.1) is 0 Å². The zero-order valence-electron chi connectivity index (χ0n) is 9.47. The van der Waals surface area contributed by atoms with Crippen LogP contribution in [0.3, 0.4) is 0 Å². The van der Waals surface area contributed by atoms with Gasteiger partial charge >= 0.3 is 0 Å². The second-order valence-electron chi connectivity index (χ2n) is 3.68. The number of halogens is 1. The normalized spacial score (nSPS) is 12.4. The number of pyridine rings is 1. The predicted molar refractivity (Wildman–Crippen MR) is 66.5 cm³/mol. The topological polar surface area (TPSA) is 50.7 Å². The van der Waals surface area contributed by atoms with Gasteiger partial charge in [0, 0.05) is 25.1 Å². The van der Waals surface area contributed by atoms with Crippen molar-refractivity contribution in [1.82, 2.24) is 20.3 Å². The van der Waals surface area contributed by atoms with Crippen LogP contribution >= 0.6 is 11.6 Å². The first-order chi connectivity index (χ1) is 8.25. The average molecular weight is 249 g/mol. The van der Waals surface area contributed by atoms with Gasteiger partial charge in [0.1, 0.15) is 5.82 Å². The summed E-state index contributed by atoms with van der Waals surface area (Å²) in [4.78, 5) is 12.6. The molecule has 0 fully saturated rings. The summed E-state index contributed by atoms with van der Waals surface area (Å²) in [6.07, 6.45) is 5.12. The largest absolute Gasteiger partial charge is 0.302 e. The van der Waals surface area contributed by atoms with Crippen LogP contribution in [0.1, 0.15) is 24.5 Å². The lowest BCUT2D eigenvalue weighted by molar-refractivity contribution is 0.540. The van der Waals surface area contributed by atoms with Crippen molar-refractivity contribution in [2.75, 3.05) is 0 Å². The Kier molecular flexibility index (Phi) is 4.01. The molecule has 2 aromatic rings. The molecule has 2 aromatic heterocycles. The average Bonchev–Trinajstić information content (AvgIpc) is 2.39. The van der Waals surface area contributed by atoms with Gasteiger partial charge in [-0.25, -0.2) is 9.97 Å². The van der Waals surface area contributed by atoms with Crippen LogP contribution in [0.4, 0.5) is 0 Å². The smallest absolute Gasteiger partial charge is 0.144 e. The van der Waals surface area contributed by atoms with Crippen LogP contribution in [0.25, 0.3) is 0 Å². The van der Waals surface area contributed by atoms with Gasteiger partial charge in [-0.1, -0.05) is 11.6 Å². The molecule has 0 saturated carbocycles. The molecule has 0 radical (unpaired) electrons. The van der Waals surface area contributed by atoms with E-state index in [9.17, 15) is 0 Å². The van der Waals surface area contributed by atoms with E-state index in [4.69, 9.17) is 11.6 Å². The van der Waals surface area contributed by atoms with Crippen LogP contribution in [-0.2, 0) is 6.54 Å². The summed E-state index contributed by atoms with van der Waals surface area (Å²) in [6.45, 7) is 2.68. The Bertz CT molecular complexity index is 458. The van der Waals surface area contributed by atoms with Crippen molar-refractivity contribution < 1.29 is 0 Å². The summed E-state index contributed by atoms with van der Waals surface area (Å²) in [7, 11) is 0. The van der Waals surface area contributed by atoms with Gasteiger partial charge in [-0.05, 0) is 25.1 Å². The zero-order valence-corrected chi connectivity index (χ0v) is 10.2. The van der Waals surface area contributed by atoms with Gasteiger partial charge in [0.25, 0.3) is 0 Å². The van der Waals surface area contributed by atoms with E-state index in [1.54, 1.807) is 24.7 Å². The van der Waals surface area contributed by atoms with E-state index in [0.717, 1.165) is 11.5 Å². The third kappa shape index (κ3) is 3.47. The van der Waals surface area contributed by atoms with Crippen LogP contribution in [0.15, 0.2) is 36.8 Å². The Labute approximate surface area is 105 Å². The summed E-state index contributed by atoms with van der Waals surface area (Å²) in [6, 6.07) is 5.62. The molecule has 1 unspecified atom stereocenters. The number of hydrogen-bond acceptors (Lipinski definition) is 4. The number of nitrogens with zero attached hydrogens (tertiary/aromatic N) is 3. The minimum atomic E-state index is 0.0914. The van der Waals surface area contributed by atoms with E-state index in [1.165, 1.54) is 0 Å². The fraction of sp³-hybridized carbons (Fsp3) is 0.250. The van der Waals surface area contributed by atoms with Gasteiger partial charge in [0.05, 0.1) is 16.8 Å². The molecule has 0 aliphatic carbocycles. The summed E-state index contributed by atoms with van der Waals surface area (Å²) in [5, 5.41) is 3.95. The van der Waals surface area contributed by atoms with Gasteiger partial charge in [-0.2, -0.15) is 0 Å². The van der Waals surface area contributed by atoms with Crippen LogP contribution in [0, 0.1) is 0 Å². The SMILES string of the molecule is CC(NCc1ccc(Cl)cn1)c1ncccn1. The molecule has 1 atom stereocenters. The monoisotopic (exact) mass is 248 g/mol. The molecule has 88 valence electrons. The van der Waals surface area contributed by atoms with E-state index in [-0.39, 0.29) is 6.04 Å². The first-order valence-electron chi connectivity index (χ1n) is 5.36. The number of nitrogens with one attached hydrogen (secondary N) is 1. The molecule has 0 aliphatic heterocycles. The summed E-state index contributed by atoms with van der Waals surface area (Å²) in [5.74, 6) is 0.779. The number of aromatic nitrogens is 3. The molecule has 2 rings (SSSR count). The van der Waals surface area contributed by atoms with Crippen LogP contribution in [0.2, 0.25) is 5.02 Å². The van der Waals surface area contributed by atoms with Crippen molar-refractivity contribution in [1.29, 1.82) is 0 Å². The molecular weight excluding hydrogens is 236 g/mol. The molecule has 2 heterocycles. The van der Waals surface area contributed by atoms with Crippen LogP contribution in [0.5, 0.6) is 0 Å². The summed E-state index contributed by atoms with van der Waals surface area (Å²) < 4.78 is 0. The Balaban J connectivity index is 1.92. The van der Waals surface area contributed by atoms with Crippen molar-refractivity contribution >= 4 is 11.6 Å². The predicted octanol–water partition coefficient (Wildman–Crippen LogP) is 2.38. The van der Waals surface area contributed by atoms with Crippen molar-refractivity contribution in [3.05, 3.63) is 53.3 Å². The maximum Gasteiger partial charge on any atom is 0.144 e. The van der Waals surface area contributed by atoms with Crippen LogP contribution in [-0.4, -0.2) is 15.0 Å². The van der Waals surface area contributed by atoms with E-state index < -0.39 is 0 Å². The van der Waals surface area contributed by atoms with E-state index in [1.807, 2.05) is 19.1 Å². The molecular formula is C12H13ClN4. The first-order valence-corrected chi connectivity index (χ1v) is 5.74. The fourth-order valence-electron chi connectivity index (χ4n) is 1.39. The molecule has 0 saturated heterocycles. The van der Waals surface area contributed by atoms with Gasteiger partial charge in [0.2, 0.25) is 0 Å². The summed E-state index contributed by atoms with van der Waals surface area (Å²) >= 11 is 5.77. The molecule has 4 nitrogen and oxygen atoms in total. The second kappa shape index (κ2) is 5.70. The van der Waals surface area contributed by atoms with Crippen molar-refractivity contribution in [3.63, 3.8) is 0 Å². The number of hydrogen-bond donors (Lipinski definition) is 1. The van der Waals surface area contributed by atoms with Gasteiger partial charge in [0.15, 0.2) is 0 Å². The van der Waals surface area contributed by atoms with Crippen LogP contribution < -0.4 is 5.32 Å². The van der Waals surface area contributed by atoms with Gasteiger partial charge < -0.3 is 5.32 Å². The standard InChI is InChI=1S/C12H13ClN4/c1-9(12-14-5-2-6-15-12)16-8-11-4-3-10(13)7-17-11/h2-7,9,16H,8H2,1H3. The van der Waals surface area contributed by atoms with E-state index >= 15 is 0 Å². The molecule has 5 heteroatoms. The molecule has 0 bridgehead atoms. The molecule has 1 N–H and O–H groups in total. The lowest BCUT2D eigenvalue weighted by Crippen LogP contribution is -2.20. The zero-order chi connectivity index (χ0) is 12.1. The third-order valence-corrected chi connectivity index (χ3v) is 2.57. The van der Waals surface area contributed by atoms with Crippen molar-refractivity contribution in [2.24, 2.45) is 0 Å². The Morgan fingerprint density at radius 2 is 2.00 bits per heavy atom. The molecule has 0 amide bonds. The minimum absolute atomic E-state index is 0.0914. The lowest BCUT2D eigenvalue weighted by atomic mass is 10.3. The fourth-order valence-corrected chi connectivity index (χ4v) is 1.51. The maximum atomic E-state index is 5.77. The molecule has 17 heavy (non-hydrogen) atoms. The highest BCUT2D eigenvalue weighted by molar-refractivity contribution is 6.30. The Morgan fingerprint density at radius 3 is 2.65 bits per heavy atom.